The highest BCUT2D eigenvalue weighted by Gasteiger charge is 2.32. The standard InChI is InChI=1S/C18H24N6O/c1-21-17(15-4-2-5-16(15)20-21)12-22-9-14(10-22)24-11-13(8-19-24)23-7-3-6-18(23)25/h8,11,14H,2-7,9-10,12H2,1H3. The Bertz CT molecular complexity index is 816. The van der Waals surface area contributed by atoms with Crippen LogP contribution in [-0.2, 0) is 31.2 Å². The summed E-state index contributed by atoms with van der Waals surface area (Å²) in [6.45, 7) is 3.82. The summed E-state index contributed by atoms with van der Waals surface area (Å²) in [6, 6.07) is 0.410. The Balaban J connectivity index is 1.23. The number of hydrogen-bond acceptors (Lipinski definition) is 4. The van der Waals surface area contributed by atoms with E-state index >= 15 is 0 Å². The molecule has 7 heteroatoms. The van der Waals surface area contributed by atoms with Gasteiger partial charge in [0.05, 0.1) is 29.3 Å². The van der Waals surface area contributed by atoms with Gasteiger partial charge in [0, 0.05) is 45.8 Å². The van der Waals surface area contributed by atoms with Gasteiger partial charge in [0.2, 0.25) is 5.91 Å². The summed E-state index contributed by atoms with van der Waals surface area (Å²) >= 11 is 0. The van der Waals surface area contributed by atoms with Crippen LogP contribution in [0.5, 0.6) is 0 Å². The second-order valence-electron chi connectivity index (χ2n) is 7.52. The number of fused-ring (bicyclic) bond motifs is 1. The van der Waals surface area contributed by atoms with Gasteiger partial charge < -0.3 is 4.90 Å². The molecule has 25 heavy (non-hydrogen) atoms. The summed E-state index contributed by atoms with van der Waals surface area (Å²) in [5.74, 6) is 0.222. The Morgan fingerprint density at radius 3 is 2.88 bits per heavy atom. The highest BCUT2D eigenvalue weighted by atomic mass is 16.2. The molecule has 0 aromatic carbocycles. The summed E-state index contributed by atoms with van der Waals surface area (Å²) < 4.78 is 4.10. The van der Waals surface area contributed by atoms with Gasteiger partial charge in [0.1, 0.15) is 0 Å². The van der Waals surface area contributed by atoms with Crippen molar-refractivity contribution in [1.82, 2.24) is 24.5 Å². The largest absolute Gasteiger partial charge is 0.309 e. The number of carbonyl (C=O) groups is 1. The molecule has 0 atom stereocenters. The number of nitrogens with zero attached hydrogens (tertiary/aromatic N) is 6. The zero-order valence-electron chi connectivity index (χ0n) is 14.7. The minimum atomic E-state index is 0.222. The maximum atomic E-state index is 11.9. The van der Waals surface area contributed by atoms with Crippen molar-refractivity contribution in [3.05, 3.63) is 29.3 Å². The van der Waals surface area contributed by atoms with E-state index in [1.165, 1.54) is 29.8 Å². The Labute approximate surface area is 147 Å². The van der Waals surface area contributed by atoms with Gasteiger partial charge in [-0.3, -0.25) is 19.1 Å². The second kappa shape index (κ2) is 5.69. The number of anilines is 1. The molecule has 0 saturated carbocycles. The number of amides is 1. The molecule has 7 nitrogen and oxygen atoms in total. The molecule has 2 fully saturated rings. The van der Waals surface area contributed by atoms with E-state index in [0.717, 1.165) is 44.7 Å². The van der Waals surface area contributed by atoms with Crippen molar-refractivity contribution in [2.24, 2.45) is 7.05 Å². The van der Waals surface area contributed by atoms with Gasteiger partial charge in [0.25, 0.3) is 0 Å². The molecule has 0 radical (unpaired) electrons. The highest BCUT2D eigenvalue weighted by molar-refractivity contribution is 5.95. The lowest BCUT2D eigenvalue weighted by Gasteiger charge is -2.39. The van der Waals surface area contributed by atoms with Crippen LogP contribution in [0.2, 0.25) is 0 Å². The van der Waals surface area contributed by atoms with Crippen molar-refractivity contribution in [1.29, 1.82) is 0 Å². The monoisotopic (exact) mass is 340 g/mol. The predicted octanol–water partition coefficient (Wildman–Crippen LogP) is 1.29. The average Bonchev–Trinajstić information content (AvgIpc) is 3.28. The van der Waals surface area contributed by atoms with E-state index in [-0.39, 0.29) is 5.91 Å². The smallest absolute Gasteiger partial charge is 0.227 e. The van der Waals surface area contributed by atoms with Gasteiger partial charge in [-0.25, -0.2) is 0 Å². The van der Waals surface area contributed by atoms with Crippen LogP contribution in [0.1, 0.15) is 42.3 Å². The van der Waals surface area contributed by atoms with Crippen molar-refractivity contribution in [3.63, 3.8) is 0 Å². The number of aryl methyl sites for hydroxylation is 2. The van der Waals surface area contributed by atoms with E-state index in [2.05, 4.69) is 26.8 Å². The lowest BCUT2D eigenvalue weighted by Crippen LogP contribution is -2.47. The predicted molar refractivity (Wildman–Crippen MR) is 93.4 cm³/mol. The first-order valence-corrected chi connectivity index (χ1v) is 9.29. The van der Waals surface area contributed by atoms with Crippen LogP contribution in [0, 0.1) is 0 Å². The van der Waals surface area contributed by atoms with E-state index in [1.54, 1.807) is 0 Å². The second-order valence-corrected chi connectivity index (χ2v) is 7.52. The number of likely N-dealkylation sites (tertiary alicyclic amines) is 1. The Morgan fingerprint density at radius 2 is 2.08 bits per heavy atom. The molecule has 2 aromatic heterocycles. The van der Waals surface area contributed by atoms with Crippen molar-refractivity contribution >= 4 is 11.6 Å². The van der Waals surface area contributed by atoms with Crippen molar-refractivity contribution in [2.75, 3.05) is 24.5 Å². The highest BCUT2D eigenvalue weighted by Crippen LogP contribution is 2.30. The van der Waals surface area contributed by atoms with Crippen LogP contribution >= 0.6 is 0 Å². The van der Waals surface area contributed by atoms with Crippen LogP contribution in [0.15, 0.2) is 12.4 Å². The molecule has 1 aliphatic carbocycles. The molecule has 4 heterocycles. The molecule has 3 aliphatic rings. The van der Waals surface area contributed by atoms with Gasteiger partial charge in [0.15, 0.2) is 0 Å². The Hall–Kier alpha value is -2.15. The Morgan fingerprint density at radius 1 is 1.20 bits per heavy atom. The van der Waals surface area contributed by atoms with Crippen molar-refractivity contribution < 1.29 is 4.79 Å². The number of rotatable bonds is 4. The minimum Gasteiger partial charge on any atom is -0.309 e. The average molecular weight is 340 g/mol. The molecule has 5 rings (SSSR count). The van der Waals surface area contributed by atoms with Gasteiger partial charge in [-0.05, 0) is 31.2 Å². The fourth-order valence-electron chi connectivity index (χ4n) is 4.42. The van der Waals surface area contributed by atoms with Crippen LogP contribution in [0.25, 0.3) is 0 Å². The number of aromatic nitrogens is 4. The summed E-state index contributed by atoms with van der Waals surface area (Å²) in [4.78, 5) is 16.2. The van der Waals surface area contributed by atoms with E-state index in [1.807, 2.05) is 22.0 Å². The Kier molecular flexibility index (Phi) is 3.45. The van der Waals surface area contributed by atoms with Gasteiger partial charge in [-0.1, -0.05) is 0 Å². The third-order valence-electron chi connectivity index (χ3n) is 5.86. The summed E-state index contributed by atoms with van der Waals surface area (Å²) in [5.41, 5.74) is 5.13. The minimum absolute atomic E-state index is 0.222. The molecular weight excluding hydrogens is 316 g/mol. The molecule has 1 amide bonds. The molecule has 2 aliphatic heterocycles. The van der Waals surface area contributed by atoms with E-state index in [0.29, 0.717) is 12.5 Å². The van der Waals surface area contributed by atoms with E-state index in [4.69, 9.17) is 0 Å². The van der Waals surface area contributed by atoms with Crippen molar-refractivity contribution in [2.45, 2.75) is 44.7 Å². The van der Waals surface area contributed by atoms with E-state index < -0.39 is 0 Å². The van der Waals surface area contributed by atoms with Gasteiger partial charge >= 0.3 is 0 Å². The molecule has 2 saturated heterocycles. The number of hydrogen-bond donors (Lipinski definition) is 0. The fraction of sp³-hybridized carbons (Fsp3) is 0.611. The fourth-order valence-corrected chi connectivity index (χ4v) is 4.42. The summed E-state index contributed by atoms with van der Waals surface area (Å²) in [6.07, 6.45) is 9.05. The molecule has 132 valence electrons. The van der Waals surface area contributed by atoms with Crippen LogP contribution in [-0.4, -0.2) is 50.0 Å². The van der Waals surface area contributed by atoms with Gasteiger partial charge in [-0.15, -0.1) is 0 Å². The SMILES string of the molecule is Cn1nc2c(c1CN1CC(n3cc(N4CCCC4=O)cn3)C1)CCC2. The van der Waals surface area contributed by atoms with Crippen LogP contribution < -0.4 is 4.90 Å². The maximum Gasteiger partial charge on any atom is 0.227 e. The lowest BCUT2D eigenvalue weighted by molar-refractivity contribution is -0.117. The molecule has 0 unspecified atom stereocenters. The first kappa shape index (κ1) is 15.1. The van der Waals surface area contributed by atoms with E-state index in [9.17, 15) is 4.79 Å². The summed E-state index contributed by atoms with van der Waals surface area (Å²) in [7, 11) is 2.07. The molecule has 0 spiro atoms. The van der Waals surface area contributed by atoms with Crippen molar-refractivity contribution in [3.8, 4) is 0 Å². The topological polar surface area (TPSA) is 59.2 Å². The number of carbonyl (C=O) groups excluding carboxylic acids is 1. The van der Waals surface area contributed by atoms with Crippen LogP contribution in [0.3, 0.4) is 0 Å². The zero-order valence-corrected chi connectivity index (χ0v) is 14.7. The normalized spacial score (nSPS) is 21.2. The first-order valence-electron chi connectivity index (χ1n) is 9.29. The zero-order chi connectivity index (χ0) is 17.0. The lowest BCUT2D eigenvalue weighted by atomic mass is 10.1. The quantitative estimate of drug-likeness (QED) is 0.841. The first-order chi connectivity index (χ1) is 12.2. The molecule has 0 N–H and O–H groups in total. The third kappa shape index (κ3) is 2.49. The molecular formula is C18H24N6O. The third-order valence-corrected chi connectivity index (χ3v) is 5.86. The van der Waals surface area contributed by atoms with Gasteiger partial charge in [-0.2, -0.15) is 10.2 Å². The molecule has 0 bridgehead atoms. The maximum absolute atomic E-state index is 11.9. The van der Waals surface area contributed by atoms with Crippen LogP contribution in [0.4, 0.5) is 5.69 Å². The molecule has 2 aromatic rings. The summed E-state index contributed by atoms with van der Waals surface area (Å²) in [5, 5.41) is 9.17.